The number of benzene rings is 1. The summed E-state index contributed by atoms with van der Waals surface area (Å²) in [7, 11) is 0. The fraction of sp³-hybridized carbons (Fsp3) is 0.481. The van der Waals surface area contributed by atoms with Gasteiger partial charge in [-0.25, -0.2) is 0 Å². The van der Waals surface area contributed by atoms with E-state index in [1.54, 1.807) is 16.2 Å². The van der Waals surface area contributed by atoms with Crippen LogP contribution in [0.25, 0.3) is 10.2 Å². The van der Waals surface area contributed by atoms with Crippen LogP contribution in [0.3, 0.4) is 0 Å². The standard InChI is InChI=1S/C27H33N3O3S/c1-4-33-20-11-9-19(10-12-20)16-30-25(31)23-15-24-22(13-14-34-24)29(23)17-27(30,3)26(32)28-21-8-6-5-7-18(21)2/h9-15,18,21H,4-8,16-17H2,1-3H3,(H,28,32)/t18-,21+,27+/m0/s1. The van der Waals surface area contributed by atoms with Crippen LogP contribution in [0.5, 0.6) is 5.75 Å². The number of hydrogen-bond acceptors (Lipinski definition) is 4. The Labute approximate surface area is 204 Å². The second-order valence-electron chi connectivity index (χ2n) is 9.87. The highest BCUT2D eigenvalue weighted by Gasteiger charge is 2.48. The van der Waals surface area contributed by atoms with Gasteiger partial charge in [-0.2, -0.15) is 0 Å². The van der Waals surface area contributed by atoms with E-state index in [4.69, 9.17) is 4.74 Å². The topological polar surface area (TPSA) is 63.6 Å². The summed E-state index contributed by atoms with van der Waals surface area (Å²) >= 11 is 1.63. The number of rotatable bonds is 6. The van der Waals surface area contributed by atoms with Gasteiger partial charge in [0.25, 0.3) is 5.91 Å². The Morgan fingerprint density at radius 2 is 1.97 bits per heavy atom. The fourth-order valence-corrected chi connectivity index (χ4v) is 6.24. The van der Waals surface area contributed by atoms with Crippen LogP contribution in [-0.2, 0) is 17.9 Å². The first-order chi connectivity index (χ1) is 16.4. The lowest BCUT2D eigenvalue weighted by molar-refractivity contribution is -0.134. The SMILES string of the molecule is CCOc1ccc(CN2C(=O)c3cc4sccc4n3C[C@]2(C)C(=O)N[C@@H]2CCCC[C@@H]2C)cc1. The van der Waals surface area contributed by atoms with Gasteiger partial charge in [0, 0.05) is 12.6 Å². The first kappa shape index (κ1) is 23.0. The van der Waals surface area contributed by atoms with E-state index in [1.807, 2.05) is 60.2 Å². The lowest BCUT2D eigenvalue weighted by Crippen LogP contribution is -2.65. The molecule has 6 nitrogen and oxygen atoms in total. The van der Waals surface area contributed by atoms with E-state index < -0.39 is 5.54 Å². The molecule has 1 saturated carbocycles. The van der Waals surface area contributed by atoms with Crippen molar-refractivity contribution in [3.05, 3.63) is 53.0 Å². The molecule has 3 aromatic rings. The monoisotopic (exact) mass is 479 g/mol. The summed E-state index contributed by atoms with van der Waals surface area (Å²) in [6.45, 7) is 7.51. The highest BCUT2D eigenvalue weighted by molar-refractivity contribution is 7.17. The molecule has 1 aromatic carbocycles. The zero-order valence-electron chi connectivity index (χ0n) is 20.2. The Morgan fingerprint density at radius 3 is 2.71 bits per heavy atom. The minimum absolute atomic E-state index is 0.0618. The molecule has 3 heterocycles. The van der Waals surface area contributed by atoms with Gasteiger partial charge < -0.3 is 19.5 Å². The summed E-state index contributed by atoms with van der Waals surface area (Å²) in [5, 5.41) is 5.38. The molecule has 1 aliphatic carbocycles. The Balaban J connectivity index is 1.49. The predicted octanol–water partition coefficient (Wildman–Crippen LogP) is 5.21. The molecule has 2 aromatic heterocycles. The molecule has 2 amide bonds. The first-order valence-electron chi connectivity index (χ1n) is 12.3. The van der Waals surface area contributed by atoms with Crippen molar-refractivity contribution in [1.29, 1.82) is 0 Å². The molecule has 1 aliphatic heterocycles. The van der Waals surface area contributed by atoms with Crippen LogP contribution in [-0.4, -0.2) is 39.5 Å². The van der Waals surface area contributed by atoms with E-state index in [0.29, 0.717) is 31.3 Å². The first-order valence-corrected chi connectivity index (χ1v) is 13.2. The van der Waals surface area contributed by atoms with Crippen molar-refractivity contribution >= 4 is 33.4 Å². The smallest absolute Gasteiger partial charge is 0.271 e. The summed E-state index contributed by atoms with van der Waals surface area (Å²) in [6.07, 6.45) is 4.49. The lowest BCUT2D eigenvalue weighted by Gasteiger charge is -2.45. The van der Waals surface area contributed by atoms with Crippen LogP contribution < -0.4 is 10.1 Å². The van der Waals surface area contributed by atoms with Gasteiger partial charge >= 0.3 is 0 Å². The average Bonchev–Trinajstić information content (AvgIpc) is 3.42. The second-order valence-corrected chi connectivity index (χ2v) is 10.8. The van der Waals surface area contributed by atoms with E-state index in [0.717, 1.165) is 40.8 Å². The number of carbonyl (C=O) groups excluding carboxylic acids is 2. The summed E-state index contributed by atoms with van der Waals surface area (Å²) in [4.78, 5) is 29.5. The van der Waals surface area contributed by atoms with Gasteiger partial charge in [-0.1, -0.05) is 31.9 Å². The third-order valence-corrected chi connectivity index (χ3v) is 8.39. The van der Waals surface area contributed by atoms with Crippen molar-refractivity contribution in [3.8, 4) is 5.75 Å². The molecular formula is C27H33N3O3S. The molecule has 0 bridgehead atoms. The van der Waals surface area contributed by atoms with Crippen molar-refractivity contribution in [2.45, 2.75) is 71.1 Å². The molecule has 2 aliphatic rings. The largest absolute Gasteiger partial charge is 0.494 e. The average molecular weight is 480 g/mol. The van der Waals surface area contributed by atoms with Gasteiger partial charge in [0.1, 0.15) is 17.0 Å². The van der Waals surface area contributed by atoms with Gasteiger partial charge in [-0.3, -0.25) is 9.59 Å². The highest BCUT2D eigenvalue weighted by Crippen LogP contribution is 2.36. The summed E-state index contributed by atoms with van der Waals surface area (Å²) < 4.78 is 8.68. The summed E-state index contributed by atoms with van der Waals surface area (Å²) in [5.41, 5.74) is 1.67. The third-order valence-electron chi connectivity index (χ3n) is 7.54. The molecule has 1 fully saturated rings. The van der Waals surface area contributed by atoms with E-state index in [-0.39, 0.29) is 17.9 Å². The van der Waals surface area contributed by atoms with E-state index in [2.05, 4.69) is 12.2 Å². The van der Waals surface area contributed by atoms with Gasteiger partial charge in [0.2, 0.25) is 5.91 Å². The quantitative estimate of drug-likeness (QED) is 0.528. The van der Waals surface area contributed by atoms with Crippen molar-refractivity contribution in [2.75, 3.05) is 6.61 Å². The molecule has 3 atom stereocenters. The predicted molar refractivity (Wildman–Crippen MR) is 135 cm³/mol. The van der Waals surface area contributed by atoms with Crippen molar-refractivity contribution in [2.24, 2.45) is 5.92 Å². The molecule has 5 rings (SSSR count). The lowest BCUT2D eigenvalue weighted by atomic mass is 9.85. The molecular weight excluding hydrogens is 446 g/mol. The number of nitrogens with zero attached hydrogens (tertiary/aromatic N) is 2. The summed E-state index contributed by atoms with van der Waals surface area (Å²) in [6, 6.07) is 12.0. The maximum Gasteiger partial charge on any atom is 0.271 e. The Morgan fingerprint density at radius 1 is 1.21 bits per heavy atom. The van der Waals surface area contributed by atoms with Gasteiger partial charge in [-0.05, 0) is 67.8 Å². The van der Waals surface area contributed by atoms with Crippen molar-refractivity contribution in [1.82, 2.24) is 14.8 Å². The zero-order valence-corrected chi connectivity index (χ0v) is 21.0. The third kappa shape index (κ3) is 4.00. The highest BCUT2D eigenvalue weighted by atomic mass is 32.1. The number of ether oxygens (including phenoxy) is 1. The van der Waals surface area contributed by atoms with Crippen LogP contribution in [0.4, 0.5) is 0 Å². The summed E-state index contributed by atoms with van der Waals surface area (Å²) in [5.74, 6) is 1.09. The van der Waals surface area contributed by atoms with Crippen LogP contribution in [0.15, 0.2) is 41.8 Å². The number of thiophene rings is 1. The molecule has 180 valence electrons. The van der Waals surface area contributed by atoms with Gasteiger partial charge in [0.15, 0.2) is 0 Å². The number of carbonyl (C=O) groups is 2. The fourth-order valence-electron chi connectivity index (χ4n) is 5.42. The normalized spacial score (nSPS) is 24.8. The molecule has 0 saturated heterocycles. The Bertz CT molecular complexity index is 1200. The number of aromatic nitrogens is 1. The maximum absolute atomic E-state index is 13.9. The minimum Gasteiger partial charge on any atom is -0.494 e. The van der Waals surface area contributed by atoms with Crippen LogP contribution >= 0.6 is 11.3 Å². The van der Waals surface area contributed by atoms with E-state index in [1.165, 1.54) is 6.42 Å². The Kier molecular flexibility index (Phi) is 6.15. The van der Waals surface area contributed by atoms with E-state index in [9.17, 15) is 9.59 Å². The van der Waals surface area contributed by atoms with Gasteiger partial charge in [-0.15, -0.1) is 11.3 Å². The molecule has 0 unspecified atom stereocenters. The van der Waals surface area contributed by atoms with E-state index >= 15 is 0 Å². The Hall–Kier alpha value is -2.80. The molecule has 0 spiro atoms. The maximum atomic E-state index is 13.9. The zero-order chi connectivity index (χ0) is 23.9. The van der Waals surface area contributed by atoms with Crippen molar-refractivity contribution < 1.29 is 14.3 Å². The van der Waals surface area contributed by atoms with Crippen LogP contribution in [0.1, 0.15) is 62.5 Å². The molecule has 1 N–H and O–H groups in total. The second kappa shape index (κ2) is 9.10. The molecule has 34 heavy (non-hydrogen) atoms. The number of fused-ring (bicyclic) bond motifs is 3. The van der Waals surface area contributed by atoms with Crippen molar-refractivity contribution in [3.63, 3.8) is 0 Å². The van der Waals surface area contributed by atoms with Crippen LogP contribution in [0, 0.1) is 5.92 Å². The number of amides is 2. The molecule has 7 heteroatoms. The number of hydrogen-bond donors (Lipinski definition) is 1. The molecule has 0 radical (unpaired) electrons. The van der Waals surface area contributed by atoms with Gasteiger partial charge in [0.05, 0.1) is 23.4 Å². The number of nitrogens with one attached hydrogen (secondary N) is 1. The minimum atomic E-state index is -0.992. The van der Waals surface area contributed by atoms with Crippen LogP contribution in [0.2, 0.25) is 0 Å².